The van der Waals surface area contributed by atoms with E-state index in [-0.39, 0.29) is 0 Å². The first-order valence-electron chi connectivity index (χ1n) is 18.4. The maximum atomic E-state index is 2.58. The lowest BCUT2D eigenvalue weighted by molar-refractivity contribution is 1.17. The van der Waals surface area contributed by atoms with E-state index in [9.17, 15) is 0 Å². The van der Waals surface area contributed by atoms with Crippen LogP contribution in [0.15, 0.2) is 176 Å². The number of benzene rings is 9. The fourth-order valence-corrected chi connectivity index (χ4v) is 9.87. The van der Waals surface area contributed by atoms with Gasteiger partial charge in [0, 0.05) is 70.6 Å². The van der Waals surface area contributed by atoms with E-state index in [2.05, 4.69) is 189 Å². The van der Waals surface area contributed by atoms with Gasteiger partial charge in [0.15, 0.2) is 0 Å². The van der Waals surface area contributed by atoms with Crippen LogP contribution in [0.3, 0.4) is 0 Å². The summed E-state index contributed by atoms with van der Waals surface area (Å²) in [6.45, 7) is 0. The molecule has 0 saturated heterocycles. The predicted molar refractivity (Wildman–Crippen MR) is 225 cm³/mol. The second kappa shape index (κ2) is 9.81. The molecule has 4 heterocycles. The normalized spacial score (nSPS) is 12.5. The molecule has 0 amide bonds. The second-order valence-electron chi connectivity index (χ2n) is 14.5. The molecule has 0 spiro atoms. The highest BCUT2D eigenvalue weighted by atomic mass is 15.0. The molecule has 0 saturated carbocycles. The highest BCUT2D eigenvalue weighted by molar-refractivity contribution is 6.40. The van der Waals surface area contributed by atoms with Gasteiger partial charge in [-0.3, -0.25) is 0 Å². The minimum absolute atomic E-state index is 1.16. The van der Waals surface area contributed by atoms with Crippen molar-refractivity contribution < 1.29 is 0 Å². The maximum absolute atomic E-state index is 2.58. The van der Waals surface area contributed by atoms with Gasteiger partial charge in [0.2, 0.25) is 0 Å². The van der Waals surface area contributed by atoms with Crippen LogP contribution in [0.2, 0.25) is 0 Å². The quantitative estimate of drug-likeness (QED) is 0.174. The van der Waals surface area contributed by atoms with Gasteiger partial charge in [-0.05, 0) is 47.9 Å². The summed E-state index contributed by atoms with van der Waals surface area (Å²) in [5.41, 5.74) is 11.1. The lowest BCUT2D eigenvalue weighted by Crippen LogP contribution is -1.97. The average molecular weight is 672 g/mol. The van der Waals surface area contributed by atoms with Crippen molar-refractivity contribution in [1.82, 2.24) is 13.5 Å². The highest BCUT2D eigenvalue weighted by Gasteiger charge is 2.26. The van der Waals surface area contributed by atoms with E-state index in [0.29, 0.717) is 0 Å². The summed E-state index contributed by atoms with van der Waals surface area (Å²) < 4.78 is 7.53. The minimum Gasteiger partial charge on any atom is -0.309 e. The molecule has 53 heavy (non-hydrogen) atoms. The smallest absolute Gasteiger partial charge is 0.0627 e. The monoisotopic (exact) mass is 671 g/mol. The Labute approximate surface area is 303 Å². The summed E-state index contributed by atoms with van der Waals surface area (Å²) >= 11 is 0. The summed E-state index contributed by atoms with van der Waals surface area (Å²) in [7, 11) is 0. The zero-order chi connectivity index (χ0) is 34.4. The Hall–Kier alpha value is -7.10. The van der Waals surface area contributed by atoms with Gasteiger partial charge in [0.05, 0.1) is 38.6 Å². The first-order chi connectivity index (χ1) is 26.3. The number of nitrogens with zero attached hydrogens (tertiary/aromatic N) is 3. The zero-order valence-corrected chi connectivity index (χ0v) is 28.6. The Morgan fingerprint density at radius 1 is 0.264 bits per heavy atom. The maximum Gasteiger partial charge on any atom is 0.0627 e. The van der Waals surface area contributed by atoms with Gasteiger partial charge >= 0.3 is 0 Å². The molecule has 0 atom stereocenters. The van der Waals surface area contributed by atoms with Crippen LogP contribution in [0, 0.1) is 0 Å². The molecule has 0 bridgehead atoms. The van der Waals surface area contributed by atoms with Gasteiger partial charge in [0.25, 0.3) is 0 Å². The number of fused-ring (bicyclic) bond motifs is 18. The number of hydrogen-bond donors (Lipinski definition) is 0. The first-order valence-corrected chi connectivity index (χ1v) is 18.4. The van der Waals surface area contributed by atoms with E-state index in [0.717, 1.165) is 5.69 Å². The van der Waals surface area contributed by atoms with Crippen molar-refractivity contribution in [2.75, 3.05) is 0 Å². The lowest BCUT2D eigenvalue weighted by Gasteiger charge is -2.13. The van der Waals surface area contributed by atoms with Crippen molar-refractivity contribution >= 4 is 103 Å². The fraction of sp³-hybridized carbons (Fsp3) is 0. The molecule has 9 aromatic carbocycles. The Balaban J connectivity index is 1.28. The molecule has 0 radical (unpaired) electrons. The summed E-state index contributed by atoms with van der Waals surface area (Å²) in [5, 5.41) is 15.3. The molecular weight excluding hydrogens is 643 g/mol. The van der Waals surface area contributed by atoms with E-state index < -0.39 is 0 Å². The van der Waals surface area contributed by atoms with Crippen LogP contribution in [-0.4, -0.2) is 13.5 Å². The van der Waals surface area contributed by atoms with Gasteiger partial charge in [0.1, 0.15) is 0 Å². The standard InChI is InChI=1S/C50H29N3/c1-2-14-31(15-3-1)51-42-23-10-9-18-35(42)41-29-32(26-28-44(41)51)52-47-33-16-5-4-13-30(33)25-27-40(47)46-45-39-22-12-21-36-34-17-8-11-24-43(34)53(48(36)39)50(45)38-20-7-6-19-37(38)49(46)52/h1-29H. The molecule has 0 unspecified atom stereocenters. The number of aromatic nitrogens is 3. The number of para-hydroxylation sites is 4. The Bertz CT molecular complexity index is 3670. The van der Waals surface area contributed by atoms with E-state index in [4.69, 9.17) is 0 Å². The molecule has 0 aliphatic heterocycles. The Morgan fingerprint density at radius 3 is 1.66 bits per heavy atom. The van der Waals surface area contributed by atoms with Crippen LogP contribution in [0.4, 0.5) is 0 Å². The van der Waals surface area contributed by atoms with Crippen LogP contribution < -0.4 is 0 Å². The summed E-state index contributed by atoms with van der Waals surface area (Å²) in [4.78, 5) is 0. The molecule has 3 nitrogen and oxygen atoms in total. The third-order valence-electron chi connectivity index (χ3n) is 11.9. The van der Waals surface area contributed by atoms with E-state index >= 15 is 0 Å². The van der Waals surface area contributed by atoms with Gasteiger partial charge in [-0.2, -0.15) is 0 Å². The van der Waals surface area contributed by atoms with Gasteiger partial charge < -0.3 is 13.5 Å². The van der Waals surface area contributed by atoms with E-state index in [1.807, 2.05) is 0 Å². The van der Waals surface area contributed by atoms with Crippen LogP contribution in [0.25, 0.3) is 115 Å². The average Bonchev–Trinajstić information content (AvgIpc) is 3.96. The van der Waals surface area contributed by atoms with E-state index in [1.54, 1.807) is 0 Å². The Morgan fingerprint density at radius 2 is 0.830 bits per heavy atom. The van der Waals surface area contributed by atoms with Crippen LogP contribution >= 0.6 is 0 Å². The first kappa shape index (κ1) is 27.6. The molecule has 4 aromatic heterocycles. The topological polar surface area (TPSA) is 14.3 Å². The molecule has 13 aromatic rings. The Kier molecular flexibility index (Phi) is 5.11. The van der Waals surface area contributed by atoms with Crippen molar-refractivity contribution in [2.24, 2.45) is 0 Å². The van der Waals surface area contributed by atoms with Crippen molar-refractivity contribution in [3.63, 3.8) is 0 Å². The number of hydrogen-bond acceptors (Lipinski definition) is 0. The SMILES string of the molecule is c1ccc(-n2c3ccccc3c3cc(-n4c5c6ccccc6ccc5c5c6c7cccc8c9ccccc9n(c87)c6c6ccccc6c54)ccc32)cc1. The molecule has 0 aliphatic rings. The molecule has 3 heteroatoms. The fourth-order valence-electron chi connectivity index (χ4n) is 9.87. The van der Waals surface area contributed by atoms with Crippen molar-refractivity contribution in [3.05, 3.63) is 176 Å². The summed E-state index contributed by atoms with van der Waals surface area (Å²) in [5.74, 6) is 0. The van der Waals surface area contributed by atoms with Crippen LogP contribution in [0.5, 0.6) is 0 Å². The lowest BCUT2D eigenvalue weighted by atomic mass is 9.97. The van der Waals surface area contributed by atoms with Crippen LogP contribution in [0.1, 0.15) is 0 Å². The van der Waals surface area contributed by atoms with Crippen molar-refractivity contribution in [1.29, 1.82) is 0 Å². The summed E-state index contributed by atoms with van der Waals surface area (Å²) in [6.07, 6.45) is 0. The summed E-state index contributed by atoms with van der Waals surface area (Å²) in [6, 6.07) is 65.0. The third-order valence-corrected chi connectivity index (χ3v) is 11.9. The minimum atomic E-state index is 1.16. The largest absolute Gasteiger partial charge is 0.309 e. The van der Waals surface area contributed by atoms with Crippen LogP contribution in [-0.2, 0) is 0 Å². The molecule has 0 aliphatic carbocycles. The molecule has 0 N–H and O–H groups in total. The van der Waals surface area contributed by atoms with Crippen molar-refractivity contribution in [2.45, 2.75) is 0 Å². The second-order valence-corrected chi connectivity index (χ2v) is 14.5. The van der Waals surface area contributed by atoms with Gasteiger partial charge in [-0.1, -0.05) is 133 Å². The zero-order valence-electron chi connectivity index (χ0n) is 28.6. The van der Waals surface area contributed by atoms with Crippen molar-refractivity contribution in [3.8, 4) is 11.4 Å². The van der Waals surface area contributed by atoms with Gasteiger partial charge in [-0.15, -0.1) is 0 Å². The molecule has 244 valence electrons. The predicted octanol–water partition coefficient (Wildman–Crippen LogP) is 13.3. The van der Waals surface area contributed by atoms with Gasteiger partial charge in [-0.25, -0.2) is 0 Å². The molecular formula is C50H29N3. The highest BCUT2D eigenvalue weighted by Crippen LogP contribution is 2.49. The third kappa shape index (κ3) is 3.36. The number of rotatable bonds is 2. The molecule has 13 rings (SSSR count). The molecule has 0 fully saturated rings. The van der Waals surface area contributed by atoms with E-state index in [1.165, 1.54) is 109 Å².